The first-order chi connectivity index (χ1) is 11.4. The van der Waals surface area contributed by atoms with Gasteiger partial charge in [0, 0.05) is 11.4 Å². The van der Waals surface area contributed by atoms with E-state index in [1.54, 1.807) is 15.9 Å². The molecule has 2 aromatic rings. The van der Waals surface area contributed by atoms with Gasteiger partial charge < -0.3 is 0 Å². The quantitative estimate of drug-likeness (QED) is 0.603. The van der Waals surface area contributed by atoms with Crippen LogP contribution in [0.4, 0.5) is 0 Å². The molecule has 0 N–H and O–H groups in total. The third-order valence-electron chi connectivity index (χ3n) is 4.39. The zero-order valence-electron chi connectivity index (χ0n) is 14.6. The average molecular weight is 362 g/mol. The zero-order chi connectivity index (χ0) is 17.4. The number of hydrogen-bond acceptors (Lipinski definition) is 5. The number of aromatic nitrogens is 2. The summed E-state index contributed by atoms with van der Waals surface area (Å²) in [6.07, 6.45) is 3.18. The minimum atomic E-state index is -0.220. The van der Waals surface area contributed by atoms with Crippen molar-refractivity contribution in [2.45, 2.75) is 63.9 Å². The maximum atomic E-state index is 13.2. The van der Waals surface area contributed by atoms with Gasteiger partial charge in [0.25, 0.3) is 5.56 Å². The van der Waals surface area contributed by atoms with Crippen molar-refractivity contribution in [2.24, 2.45) is 11.8 Å². The van der Waals surface area contributed by atoms with E-state index in [0.29, 0.717) is 23.5 Å². The molecule has 6 heteroatoms. The largest absolute Gasteiger partial charge is 0.287 e. The molecule has 4 nitrogen and oxygen atoms in total. The van der Waals surface area contributed by atoms with Gasteiger partial charge in [0.15, 0.2) is 5.16 Å². The van der Waals surface area contributed by atoms with Gasteiger partial charge in [0.2, 0.25) is 0 Å². The third-order valence-corrected chi connectivity index (χ3v) is 6.52. The number of rotatable bonds is 4. The number of nitrogens with zero attached hydrogens (tertiary/aromatic N) is 3. The third kappa shape index (κ3) is 3.25. The molecule has 0 amide bonds. The lowest BCUT2D eigenvalue weighted by Crippen LogP contribution is -2.26. The van der Waals surface area contributed by atoms with Gasteiger partial charge in [-0.1, -0.05) is 32.5 Å². The first-order valence-corrected chi connectivity index (χ1v) is 10.2. The molecule has 0 saturated heterocycles. The van der Waals surface area contributed by atoms with Crippen LogP contribution in [-0.4, -0.2) is 14.8 Å². The van der Waals surface area contributed by atoms with Crippen LogP contribution in [0.3, 0.4) is 0 Å². The Kier molecular flexibility index (Phi) is 5.03. The van der Waals surface area contributed by atoms with Crippen molar-refractivity contribution in [2.75, 3.05) is 0 Å². The predicted molar refractivity (Wildman–Crippen MR) is 101 cm³/mol. The molecule has 0 fully saturated rings. The van der Waals surface area contributed by atoms with E-state index >= 15 is 0 Å². The van der Waals surface area contributed by atoms with E-state index in [1.165, 1.54) is 22.2 Å². The van der Waals surface area contributed by atoms with Crippen LogP contribution in [0.2, 0.25) is 0 Å². The summed E-state index contributed by atoms with van der Waals surface area (Å²) in [6.45, 7) is 8.96. The first kappa shape index (κ1) is 17.5. The van der Waals surface area contributed by atoms with Gasteiger partial charge in [0.1, 0.15) is 4.83 Å². The minimum Gasteiger partial charge on any atom is -0.287 e. The Hall–Kier alpha value is -1.32. The molecule has 128 valence electrons. The highest BCUT2D eigenvalue weighted by molar-refractivity contribution is 8.00. The van der Waals surface area contributed by atoms with Crippen molar-refractivity contribution in [3.05, 3.63) is 20.8 Å². The highest BCUT2D eigenvalue weighted by Gasteiger charge is 2.25. The normalized spacial score (nSPS) is 18.6. The Balaban J connectivity index is 2.20. The van der Waals surface area contributed by atoms with Crippen molar-refractivity contribution >= 4 is 33.3 Å². The predicted octanol–water partition coefficient (Wildman–Crippen LogP) is 4.24. The lowest BCUT2D eigenvalue weighted by Gasteiger charge is -2.18. The van der Waals surface area contributed by atoms with E-state index < -0.39 is 0 Å². The van der Waals surface area contributed by atoms with Crippen LogP contribution in [0, 0.1) is 23.2 Å². The Morgan fingerprint density at radius 1 is 1.46 bits per heavy atom. The molecule has 1 aliphatic rings. The monoisotopic (exact) mass is 361 g/mol. The number of thioether (sulfide) groups is 1. The van der Waals surface area contributed by atoms with E-state index in [9.17, 15) is 4.79 Å². The Bertz CT molecular complexity index is 860. The molecule has 0 radical (unpaired) electrons. The number of thiophene rings is 1. The highest BCUT2D eigenvalue weighted by atomic mass is 32.2. The Labute approximate surface area is 150 Å². The topological polar surface area (TPSA) is 58.7 Å². The summed E-state index contributed by atoms with van der Waals surface area (Å²) in [5.74, 6) is 1.03. The van der Waals surface area contributed by atoms with E-state index in [0.717, 1.165) is 29.5 Å². The highest BCUT2D eigenvalue weighted by Crippen LogP contribution is 2.36. The van der Waals surface area contributed by atoms with Crippen LogP contribution in [0.15, 0.2) is 9.95 Å². The Morgan fingerprint density at radius 3 is 2.88 bits per heavy atom. The molecule has 0 saturated carbocycles. The van der Waals surface area contributed by atoms with E-state index in [4.69, 9.17) is 10.2 Å². The first-order valence-electron chi connectivity index (χ1n) is 8.52. The fraction of sp³-hybridized carbons (Fsp3) is 0.611. The second-order valence-electron chi connectivity index (χ2n) is 7.13. The summed E-state index contributed by atoms with van der Waals surface area (Å²) in [7, 11) is 0. The smallest absolute Gasteiger partial charge is 0.263 e. The molecule has 2 aromatic heterocycles. The molecular weight excluding hydrogens is 338 g/mol. The van der Waals surface area contributed by atoms with Crippen molar-refractivity contribution in [3.8, 4) is 6.07 Å². The molecule has 0 unspecified atom stereocenters. The molecule has 2 atom stereocenters. The lowest BCUT2D eigenvalue weighted by molar-refractivity contribution is 0.474. The number of hydrogen-bond donors (Lipinski definition) is 0. The molecular formula is C18H23N3OS2. The van der Waals surface area contributed by atoms with Gasteiger partial charge in [-0.2, -0.15) is 5.26 Å². The summed E-state index contributed by atoms with van der Waals surface area (Å²) in [6, 6.07) is 2.23. The Morgan fingerprint density at radius 2 is 2.21 bits per heavy atom. The second kappa shape index (κ2) is 6.89. The van der Waals surface area contributed by atoms with Gasteiger partial charge in [-0.25, -0.2) is 4.98 Å². The molecule has 0 aliphatic heterocycles. The van der Waals surface area contributed by atoms with Crippen molar-refractivity contribution in [3.63, 3.8) is 0 Å². The van der Waals surface area contributed by atoms with Gasteiger partial charge >= 0.3 is 0 Å². The van der Waals surface area contributed by atoms with Crippen molar-refractivity contribution < 1.29 is 0 Å². The van der Waals surface area contributed by atoms with Crippen LogP contribution in [0.25, 0.3) is 10.2 Å². The van der Waals surface area contributed by atoms with Crippen molar-refractivity contribution in [1.29, 1.82) is 5.26 Å². The SMILES string of the molecule is CC(C)Cn1c(S[C@@H](C)C#N)nc2sc3c(c2c1=O)CC[C@H](C)C3. The molecule has 0 spiro atoms. The molecule has 2 heterocycles. The van der Waals surface area contributed by atoms with E-state index in [-0.39, 0.29) is 10.8 Å². The maximum Gasteiger partial charge on any atom is 0.263 e. The fourth-order valence-electron chi connectivity index (χ4n) is 3.21. The van der Waals surface area contributed by atoms with E-state index in [2.05, 4.69) is 26.8 Å². The maximum absolute atomic E-state index is 13.2. The number of aryl methyl sites for hydroxylation is 1. The average Bonchev–Trinajstić information content (AvgIpc) is 2.87. The lowest BCUT2D eigenvalue weighted by atomic mass is 9.89. The summed E-state index contributed by atoms with van der Waals surface area (Å²) in [5.41, 5.74) is 1.31. The summed E-state index contributed by atoms with van der Waals surface area (Å²) < 4.78 is 1.79. The summed E-state index contributed by atoms with van der Waals surface area (Å²) >= 11 is 3.06. The zero-order valence-corrected chi connectivity index (χ0v) is 16.3. The van der Waals surface area contributed by atoms with Crippen LogP contribution >= 0.6 is 23.1 Å². The van der Waals surface area contributed by atoms with Crippen LogP contribution in [-0.2, 0) is 19.4 Å². The minimum absolute atomic E-state index is 0.0772. The molecule has 1 aliphatic carbocycles. The summed E-state index contributed by atoms with van der Waals surface area (Å²) in [5, 5.41) is 10.4. The molecule has 0 aromatic carbocycles. The van der Waals surface area contributed by atoms with Gasteiger partial charge in [-0.05, 0) is 43.6 Å². The van der Waals surface area contributed by atoms with Crippen LogP contribution in [0.1, 0.15) is 44.6 Å². The second-order valence-corrected chi connectivity index (χ2v) is 9.52. The van der Waals surface area contributed by atoms with E-state index in [1.807, 2.05) is 6.92 Å². The molecule has 0 bridgehead atoms. The van der Waals surface area contributed by atoms with Gasteiger partial charge in [-0.3, -0.25) is 9.36 Å². The summed E-state index contributed by atoms with van der Waals surface area (Å²) in [4.78, 5) is 20.2. The molecule has 3 rings (SSSR count). The van der Waals surface area contributed by atoms with Gasteiger partial charge in [-0.15, -0.1) is 11.3 Å². The molecule has 24 heavy (non-hydrogen) atoms. The number of fused-ring (bicyclic) bond motifs is 3. The van der Waals surface area contributed by atoms with Gasteiger partial charge in [0.05, 0.1) is 16.7 Å². The van der Waals surface area contributed by atoms with Crippen LogP contribution in [0.5, 0.6) is 0 Å². The number of nitriles is 1. The standard InChI is InChI=1S/C18H23N3OS2/c1-10(2)9-21-17(22)15-13-6-5-11(3)7-14(13)24-16(15)20-18(21)23-12(4)8-19/h10-12H,5-7,9H2,1-4H3/t11-,12-/m0/s1. The fourth-order valence-corrected chi connectivity index (χ4v) is 5.43. The van der Waals surface area contributed by atoms with Crippen LogP contribution < -0.4 is 5.56 Å². The van der Waals surface area contributed by atoms with Crippen molar-refractivity contribution in [1.82, 2.24) is 9.55 Å².